The van der Waals surface area contributed by atoms with Crippen LogP contribution in [0.15, 0.2) is 48.5 Å². The molecule has 0 radical (unpaired) electrons. The Labute approximate surface area is 180 Å². The number of ether oxygens (including phenoxy) is 2. The van der Waals surface area contributed by atoms with Gasteiger partial charge in [-0.25, -0.2) is 0 Å². The van der Waals surface area contributed by atoms with Gasteiger partial charge in [0.05, 0.1) is 24.7 Å². The van der Waals surface area contributed by atoms with Crippen molar-refractivity contribution in [1.82, 2.24) is 0 Å². The van der Waals surface area contributed by atoms with Gasteiger partial charge in [0.1, 0.15) is 5.75 Å². The molecule has 3 rings (SSSR count). The fourth-order valence-electron chi connectivity index (χ4n) is 3.99. The second-order valence-corrected chi connectivity index (χ2v) is 8.28. The first-order valence-corrected chi connectivity index (χ1v) is 11.3. The van der Waals surface area contributed by atoms with Crippen molar-refractivity contribution in [2.45, 2.75) is 64.4 Å². The quantitative estimate of drug-likeness (QED) is 0.415. The topological polar surface area (TPSA) is 55.8 Å². The van der Waals surface area contributed by atoms with Gasteiger partial charge in [0.25, 0.3) is 0 Å². The maximum absolute atomic E-state index is 12.1. The van der Waals surface area contributed by atoms with Crippen LogP contribution >= 0.6 is 0 Å². The number of rotatable bonds is 9. The number of hydrogen-bond donors (Lipinski definition) is 1. The van der Waals surface area contributed by atoms with Crippen LogP contribution in [0, 0.1) is 5.92 Å². The lowest BCUT2D eigenvalue weighted by atomic mass is 9.75. The minimum absolute atomic E-state index is 0.0887. The van der Waals surface area contributed by atoms with E-state index in [1.165, 1.54) is 0 Å². The molecule has 0 atom stereocenters. The second kappa shape index (κ2) is 10.6. The van der Waals surface area contributed by atoms with Crippen molar-refractivity contribution in [3.05, 3.63) is 54.1 Å². The van der Waals surface area contributed by atoms with Gasteiger partial charge in [-0.15, -0.1) is 0 Å². The van der Waals surface area contributed by atoms with Crippen LogP contribution < -0.4 is 4.74 Å². The van der Waals surface area contributed by atoms with Gasteiger partial charge in [-0.05, 0) is 67.3 Å². The zero-order chi connectivity index (χ0) is 21.4. The van der Waals surface area contributed by atoms with Gasteiger partial charge in [-0.2, -0.15) is 0 Å². The average Bonchev–Trinajstić information content (AvgIpc) is 2.79. The van der Waals surface area contributed by atoms with E-state index in [9.17, 15) is 9.90 Å². The lowest BCUT2D eigenvalue weighted by Gasteiger charge is -2.35. The summed E-state index contributed by atoms with van der Waals surface area (Å²) in [6, 6.07) is 16.3. The highest BCUT2D eigenvalue weighted by molar-refractivity contribution is 5.72. The Morgan fingerprint density at radius 3 is 2.10 bits per heavy atom. The predicted molar refractivity (Wildman–Crippen MR) is 119 cm³/mol. The molecule has 1 aliphatic carbocycles. The second-order valence-electron chi connectivity index (χ2n) is 8.28. The molecule has 1 saturated carbocycles. The predicted octanol–water partition coefficient (Wildman–Crippen LogP) is 5.86. The number of unbranched alkanes of at least 4 members (excludes halogenated alkanes) is 1. The van der Waals surface area contributed by atoms with E-state index in [-0.39, 0.29) is 11.9 Å². The van der Waals surface area contributed by atoms with Gasteiger partial charge in [0.2, 0.25) is 0 Å². The van der Waals surface area contributed by atoms with E-state index in [2.05, 4.69) is 31.2 Å². The molecule has 4 heteroatoms. The molecule has 2 aromatic rings. The SMILES string of the molecule is CCCCOc1ccc(-c2ccc(C3(O)CCC(C(=O)OCCC)CC3)cc2)cc1. The highest BCUT2D eigenvalue weighted by Gasteiger charge is 2.37. The van der Waals surface area contributed by atoms with E-state index in [4.69, 9.17) is 9.47 Å². The number of aliphatic hydroxyl groups is 1. The van der Waals surface area contributed by atoms with Gasteiger partial charge in [-0.3, -0.25) is 4.79 Å². The molecule has 1 aliphatic rings. The summed E-state index contributed by atoms with van der Waals surface area (Å²) in [5, 5.41) is 11.2. The molecule has 0 aromatic heterocycles. The van der Waals surface area contributed by atoms with E-state index in [1.807, 2.05) is 31.2 Å². The highest BCUT2D eigenvalue weighted by atomic mass is 16.5. The normalized spacial score (nSPS) is 21.2. The average molecular weight is 411 g/mol. The van der Waals surface area contributed by atoms with Crippen LogP contribution in [-0.4, -0.2) is 24.3 Å². The molecule has 0 aliphatic heterocycles. The molecule has 0 unspecified atom stereocenters. The Kier molecular flexibility index (Phi) is 7.92. The molecular formula is C26H34O4. The monoisotopic (exact) mass is 410 g/mol. The molecular weight excluding hydrogens is 376 g/mol. The van der Waals surface area contributed by atoms with Crippen molar-refractivity contribution in [3.8, 4) is 16.9 Å². The molecule has 162 valence electrons. The summed E-state index contributed by atoms with van der Waals surface area (Å²) < 4.78 is 11.0. The van der Waals surface area contributed by atoms with E-state index in [0.717, 1.165) is 48.3 Å². The Morgan fingerprint density at radius 2 is 1.53 bits per heavy atom. The molecule has 0 spiro atoms. The third-order valence-electron chi connectivity index (χ3n) is 5.97. The van der Waals surface area contributed by atoms with Gasteiger partial charge in [0.15, 0.2) is 0 Å². The minimum Gasteiger partial charge on any atom is -0.494 e. The van der Waals surface area contributed by atoms with Crippen LogP contribution in [0.4, 0.5) is 0 Å². The summed E-state index contributed by atoms with van der Waals surface area (Å²) in [4.78, 5) is 12.1. The number of carbonyl (C=O) groups is 1. The Bertz CT molecular complexity index is 787. The third kappa shape index (κ3) is 5.63. The zero-order valence-electron chi connectivity index (χ0n) is 18.2. The van der Waals surface area contributed by atoms with Crippen molar-refractivity contribution in [2.75, 3.05) is 13.2 Å². The molecule has 4 nitrogen and oxygen atoms in total. The van der Waals surface area contributed by atoms with Gasteiger partial charge >= 0.3 is 5.97 Å². The molecule has 1 N–H and O–H groups in total. The molecule has 2 aromatic carbocycles. The summed E-state index contributed by atoms with van der Waals surface area (Å²) in [5.41, 5.74) is 2.29. The first-order valence-electron chi connectivity index (χ1n) is 11.3. The molecule has 0 saturated heterocycles. The van der Waals surface area contributed by atoms with Gasteiger partial charge in [-0.1, -0.05) is 56.7 Å². The van der Waals surface area contributed by atoms with Crippen molar-refractivity contribution in [3.63, 3.8) is 0 Å². The van der Waals surface area contributed by atoms with Crippen molar-refractivity contribution in [2.24, 2.45) is 5.92 Å². The standard InChI is InChI=1S/C26H34O4/c1-3-5-19-29-24-12-8-21(9-13-24)20-6-10-23(11-7-20)26(28)16-14-22(15-17-26)25(27)30-18-4-2/h6-13,22,28H,3-5,14-19H2,1-2H3. The number of esters is 1. The fourth-order valence-corrected chi connectivity index (χ4v) is 3.99. The number of benzene rings is 2. The zero-order valence-corrected chi connectivity index (χ0v) is 18.2. The van der Waals surface area contributed by atoms with Crippen molar-refractivity contribution >= 4 is 5.97 Å². The van der Waals surface area contributed by atoms with Gasteiger partial charge < -0.3 is 14.6 Å². The highest BCUT2D eigenvalue weighted by Crippen LogP contribution is 2.40. The molecule has 0 heterocycles. The van der Waals surface area contributed by atoms with Crippen LogP contribution in [-0.2, 0) is 15.1 Å². The summed E-state index contributed by atoms with van der Waals surface area (Å²) >= 11 is 0. The lowest BCUT2D eigenvalue weighted by molar-refractivity contribution is -0.151. The van der Waals surface area contributed by atoms with E-state index < -0.39 is 5.60 Å². The largest absolute Gasteiger partial charge is 0.494 e. The van der Waals surface area contributed by atoms with E-state index >= 15 is 0 Å². The summed E-state index contributed by atoms with van der Waals surface area (Å²) in [6.07, 6.45) is 5.53. The van der Waals surface area contributed by atoms with Crippen LogP contribution in [0.25, 0.3) is 11.1 Å². The molecule has 30 heavy (non-hydrogen) atoms. The van der Waals surface area contributed by atoms with E-state index in [0.29, 0.717) is 32.3 Å². The summed E-state index contributed by atoms with van der Waals surface area (Å²) in [7, 11) is 0. The minimum atomic E-state index is -0.864. The van der Waals surface area contributed by atoms with Crippen LogP contribution in [0.5, 0.6) is 5.75 Å². The number of hydrogen-bond acceptors (Lipinski definition) is 4. The smallest absolute Gasteiger partial charge is 0.308 e. The first-order chi connectivity index (χ1) is 14.6. The fraction of sp³-hybridized carbons (Fsp3) is 0.500. The van der Waals surface area contributed by atoms with Crippen LogP contribution in [0.1, 0.15) is 64.4 Å². The molecule has 0 bridgehead atoms. The van der Waals surface area contributed by atoms with Crippen molar-refractivity contribution in [1.29, 1.82) is 0 Å². The summed E-state index contributed by atoms with van der Waals surface area (Å²) in [5.74, 6) is 0.692. The maximum atomic E-state index is 12.1. The van der Waals surface area contributed by atoms with Crippen LogP contribution in [0.2, 0.25) is 0 Å². The lowest BCUT2D eigenvalue weighted by Crippen LogP contribution is -2.34. The Balaban J connectivity index is 1.59. The third-order valence-corrected chi connectivity index (χ3v) is 5.97. The van der Waals surface area contributed by atoms with E-state index in [1.54, 1.807) is 0 Å². The summed E-state index contributed by atoms with van der Waals surface area (Å²) in [6.45, 7) is 5.37. The van der Waals surface area contributed by atoms with Gasteiger partial charge in [0, 0.05) is 0 Å². The Morgan fingerprint density at radius 1 is 0.933 bits per heavy atom. The Hall–Kier alpha value is -2.33. The first kappa shape index (κ1) is 22.4. The molecule has 0 amide bonds. The molecule has 1 fully saturated rings. The van der Waals surface area contributed by atoms with Crippen LogP contribution in [0.3, 0.4) is 0 Å². The maximum Gasteiger partial charge on any atom is 0.308 e. The number of carbonyl (C=O) groups excluding carboxylic acids is 1. The van der Waals surface area contributed by atoms with Crippen molar-refractivity contribution < 1.29 is 19.4 Å².